The maximum atomic E-state index is 11.6. The van der Waals surface area contributed by atoms with Crippen LogP contribution in [0, 0.1) is 0 Å². The number of carbonyl (C=O) groups excluding carboxylic acids is 1. The van der Waals surface area contributed by atoms with Crippen molar-refractivity contribution >= 4 is 17.3 Å². The molecule has 0 saturated carbocycles. The Balaban J connectivity index is 2.51. The van der Waals surface area contributed by atoms with Crippen molar-refractivity contribution in [3.63, 3.8) is 0 Å². The van der Waals surface area contributed by atoms with E-state index in [9.17, 15) is 10.0 Å². The van der Waals surface area contributed by atoms with E-state index in [2.05, 4.69) is 19.2 Å². The van der Waals surface area contributed by atoms with Crippen LogP contribution < -0.4 is 10.4 Å². The molecule has 2 N–H and O–H groups in total. The van der Waals surface area contributed by atoms with Crippen LogP contribution in [-0.2, 0) is 10.2 Å². The van der Waals surface area contributed by atoms with E-state index in [0.717, 1.165) is 22.7 Å². The summed E-state index contributed by atoms with van der Waals surface area (Å²) < 4.78 is 0. The van der Waals surface area contributed by atoms with Gasteiger partial charge in [0, 0.05) is 19.2 Å². The standard InChI is InChI=1S/C13H18N2O2/c1-13(2)7-6-12(16)14-11-8-9(15(3)17)4-5-10(11)13/h4-5,8,17H,6-7H2,1-3H3,(H,14,16). The Labute approximate surface area is 101 Å². The van der Waals surface area contributed by atoms with Crippen molar-refractivity contribution in [2.24, 2.45) is 0 Å². The number of anilines is 2. The van der Waals surface area contributed by atoms with Gasteiger partial charge in [0.25, 0.3) is 0 Å². The van der Waals surface area contributed by atoms with Gasteiger partial charge in [-0.15, -0.1) is 0 Å². The van der Waals surface area contributed by atoms with Crippen molar-refractivity contribution in [2.75, 3.05) is 17.4 Å². The minimum atomic E-state index is -0.0267. The van der Waals surface area contributed by atoms with E-state index in [1.165, 1.54) is 0 Å². The normalized spacial score (nSPS) is 18.0. The summed E-state index contributed by atoms with van der Waals surface area (Å²) in [5.41, 5.74) is 2.56. The third kappa shape index (κ3) is 2.26. The van der Waals surface area contributed by atoms with Gasteiger partial charge in [0.1, 0.15) is 0 Å². The van der Waals surface area contributed by atoms with Crippen LogP contribution in [0.3, 0.4) is 0 Å². The molecule has 2 rings (SSSR count). The zero-order valence-corrected chi connectivity index (χ0v) is 10.4. The van der Waals surface area contributed by atoms with Crippen LogP contribution in [0.4, 0.5) is 11.4 Å². The molecule has 0 radical (unpaired) electrons. The van der Waals surface area contributed by atoms with Crippen molar-refractivity contribution in [1.29, 1.82) is 0 Å². The van der Waals surface area contributed by atoms with Crippen LogP contribution in [0.15, 0.2) is 18.2 Å². The highest BCUT2D eigenvalue weighted by Crippen LogP contribution is 2.38. The van der Waals surface area contributed by atoms with Gasteiger partial charge in [-0.05, 0) is 29.5 Å². The Hall–Kier alpha value is -1.55. The maximum Gasteiger partial charge on any atom is 0.224 e. The quantitative estimate of drug-likeness (QED) is 0.734. The summed E-state index contributed by atoms with van der Waals surface area (Å²) in [6.07, 6.45) is 1.37. The minimum absolute atomic E-state index is 0.0267. The van der Waals surface area contributed by atoms with E-state index >= 15 is 0 Å². The molecule has 92 valence electrons. The first-order valence-electron chi connectivity index (χ1n) is 5.77. The van der Waals surface area contributed by atoms with Crippen LogP contribution >= 0.6 is 0 Å². The largest absolute Gasteiger partial charge is 0.326 e. The molecule has 0 bridgehead atoms. The molecule has 4 heteroatoms. The number of fused-ring (bicyclic) bond motifs is 1. The van der Waals surface area contributed by atoms with Gasteiger partial charge in [-0.1, -0.05) is 19.9 Å². The van der Waals surface area contributed by atoms with E-state index in [4.69, 9.17) is 0 Å². The number of hydroxylamine groups is 1. The second kappa shape index (κ2) is 4.04. The number of amides is 1. The predicted molar refractivity (Wildman–Crippen MR) is 67.5 cm³/mol. The third-order valence-electron chi connectivity index (χ3n) is 3.36. The molecular formula is C13H18N2O2. The fourth-order valence-electron chi connectivity index (χ4n) is 2.20. The highest BCUT2D eigenvalue weighted by atomic mass is 16.5. The fraction of sp³-hybridized carbons (Fsp3) is 0.462. The lowest BCUT2D eigenvalue weighted by Gasteiger charge is -2.25. The van der Waals surface area contributed by atoms with Gasteiger partial charge in [-0.3, -0.25) is 15.1 Å². The zero-order chi connectivity index (χ0) is 12.6. The highest BCUT2D eigenvalue weighted by Gasteiger charge is 2.28. The third-order valence-corrected chi connectivity index (χ3v) is 3.36. The van der Waals surface area contributed by atoms with Crippen molar-refractivity contribution in [1.82, 2.24) is 0 Å². The lowest BCUT2D eigenvalue weighted by atomic mass is 9.80. The number of benzene rings is 1. The van der Waals surface area contributed by atoms with Crippen LogP contribution in [0.2, 0.25) is 0 Å². The van der Waals surface area contributed by atoms with Gasteiger partial charge >= 0.3 is 0 Å². The smallest absolute Gasteiger partial charge is 0.224 e. The number of carbonyl (C=O) groups is 1. The number of nitrogens with one attached hydrogen (secondary N) is 1. The van der Waals surface area contributed by atoms with Crippen molar-refractivity contribution in [2.45, 2.75) is 32.1 Å². The van der Waals surface area contributed by atoms with Gasteiger partial charge in [-0.2, -0.15) is 0 Å². The second-order valence-corrected chi connectivity index (χ2v) is 5.19. The van der Waals surface area contributed by atoms with Gasteiger partial charge in [0.15, 0.2) is 0 Å². The van der Waals surface area contributed by atoms with Gasteiger partial charge in [0.2, 0.25) is 5.91 Å². The first-order chi connectivity index (χ1) is 7.90. The van der Waals surface area contributed by atoms with E-state index in [-0.39, 0.29) is 11.3 Å². The van der Waals surface area contributed by atoms with E-state index in [0.29, 0.717) is 12.1 Å². The molecule has 1 aliphatic rings. The van der Waals surface area contributed by atoms with E-state index in [1.807, 2.05) is 12.1 Å². The highest BCUT2D eigenvalue weighted by molar-refractivity contribution is 5.93. The summed E-state index contributed by atoms with van der Waals surface area (Å²) in [5, 5.41) is 13.4. The van der Waals surface area contributed by atoms with Gasteiger partial charge in [-0.25, -0.2) is 0 Å². The first kappa shape index (κ1) is 11.9. The SMILES string of the molecule is CN(O)c1ccc2c(c1)NC(=O)CCC2(C)C. The number of hydrogen-bond acceptors (Lipinski definition) is 3. The molecule has 0 spiro atoms. The van der Waals surface area contributed by atoms with Crippen LogP contribution in [0.5, 0.6) is 0 Å². The zero-order valence-electron chi connectivity index (χ0n) is 10.4. The van der Waals surface area contributed by atoms with Crippen LogP contribution in [-0.4, -0.2) is 18.2 Å². The topological polar surface area (TPSA) is 52.6 Å². The molecule has 1 aromatic carbocycles. The van der Waals surface area contributed by atoms with Crippen molar-refractivity contribution in [3.8, 4) is 0 Å². The Kier molecular flexibility index (Phi) is 2.83. The van der Waals surface area contributed by atoms with Crippen molar-refractivity contribution in [3.05, 3.63) is 23.8 Å². The Bertz CT molecular complexity index is 453. The molecule has 1 heterocycles. The summed E-state index contributed by atoms with van der Waals surface area (Å²) in [5.74, 6) is 0.0366. The summed E-state index contributed by atoms with van der Waals surface area (Å²) in [6.45, 7) is 4.27. The van der Waals surface area contributed by atoms with Gasteiger partial charge < -0.3 is 5.32 Å². The molecule has 1 aliphatic heterocycles. The Morgan fingerprint density at radius 3 is 2.76 bits per heavy atom. The van der Waals surface area contributed by atoms with Crippen LogP contribution in [0.1, 0.15) is 32.3 Å². The molecule has 0 saturated heterocycles. The summed E-state index contributed by atoms with van der Waals surface area (Å²) in [4.78, 5) is 11.6. The minimum Gasteiger partial charge on any atom is -0.326 e. The lowest BCUT2D eigenvalue weighted by Crippen LogP contribution is -2.17. The van der Waals surface area contributed by atoms with Crippen LogP contribution in [0.25, 0.3) is 0 Å². The molecule has 17 heavy (non-hydrogen) atoms. The molecule has 1 amide bonds. The number of nitrogens with zero attached hydrogens (tertiary/aromatic N) is 1. The summed E-state index contributed by atoms with van der Waals surface area (Å²) in [7, 11) is 1.56. The molecular weight excluding hydrogens is 216 g/mol. The molecule has 0 unspecified atom stereocenters. The average molecular weight is 234 g/mol. The molecule has 1 aromatic rings. The summed E-state index contributed by atoms with van der Waals surface area (Å²) >= 11 is 0. The number of rotatable bonds is 1. The van der Waals surface area contributed by atoms with E-state index < -0.39 is 0 Å². The fourth-order valence-corrected chi connectivity index (χ4v) is 2.20. The lowest BCUT2D eigenvalue weighted by molar-refractivity contribution is -0.116. The molecule has 0 aromatic heterocycles. The molecule has 4 nitrogen and oxygen atoms in total. The second-order valence-electron chi connectivity index (χ2n) is 5.19. The Morgan fingerprint density at radius 2 is 2.12 bits per heavy atom. The van der Waals surface area contributed by atoms with E-state index in [1.54, 1.807) is 13.1 Å². The molecule has 0 aliphatic carbocycles. The average Bonchev–Trinajstić information content (AvgIpc) is 2.36. The van der Waals surface area contributed by atoms with Crippen molar-refractivity contribution < 1.29 is 10.0 Å². The molecule has 0 atom stereocenters. The number of hydrogen-bond donors (Lipinski definition) is 2. The predicted octanol–water partition coefficient (Wildman–Crippen LogP) is 2.52. The van der Waals surface area contributed by atoms with Gasteiger partial charge in [0.05, 0.1) is 5.69 Å². The maximum absolute atomic E-state index is 11.6. The first-order valence-corrected chi connectivity index (χ1v) is 5.77. The monoisotopic (exact) mass is 234 g/mol. The Morgan fingerprint density at radius 1 is 1.41 bits per heavy atom. The molecule has 0 fully saturated rings. The summed E-state index contributed by atoms with van der Waals surface area (Å²) in [6, 6.07) is 5.64.